The van der Waals surface area contributed by atoms with Gasteiger partial charge in [-0.1, -0.05) is 75.1 Å². The highest BCUT2D eigenvalue weighted by Gasteiger charge is 2.40. The van der Waals surface area contributed by atoms with Crippen LogP contribution in [-0.2, 0) is 22.6 Å². The smallest absolute Gasteiger partial charge is 0.321 e. The number of benzene rings is 1. The van der Waals surface area contributed by atoms with Crippen molar-refractivity contribution in [2.24, 2.45) is 5.41 Å². The van der Waals surface area contributed by atoms with E-state index in [-0.39, 0.29) is 18.8 Å². The van der Waals surface area contributed by atoms with Gasteiger partial charge in [-0.05, 0) is 37.0 Å². The van der Waals surface area contributed by atoms with E-state index in [1.54, 1.807) is 0 Å². The Kier molecular flexibility index (Phi) is 15.1. The van der Waals surface area contributed by atoms with Crippen LogP contribution >= 0.6 is 24.0 Å². The van der Waals surface area contributed by atoms with E-state index in [1.165, 1.54) is 44.1 Å². The molecule has 0 aliphatic carbocycles. The van der Waals surface area contributed by atoms with Gasteiger partial charge in [0.2, 0.25) is 0 Å². The maximum absolute atomic E-state index is 11.1. The van der Waals surface area contributed by atoms with Crippen LogP contribution in [0.25, 0.3) is 0 Å². The zero-order valence-corrected chi connectivity index (χ0v) is 20.1. The molecule has 0 aliphatic rings. The molecule has 7 heteroatoms. The fourth-order valence-corrected chi connectivity index (χ4v) is 3.29. The van der Waals surface area contributed by atoms with Gasteiger partial charge in [0.05, 0.1) is 6.54 Å². The van der Waals surface area contributed by atoms with Crippen molar-refractivity contribution in [2.75, 3.05) is 6.54 Å². The van der Waals surface area contributed by atoms with Gasteiger partial charge in [-0.15, -0.1) is 18.3 Å². The second-order valence-electron chi connectivity index (χ2n) is 7.87. The summed E-state index contributed by atoms with van der Waals surface area (Å²) >= 11 is 6.42. The Balaban J connectivity index is 0.00000900. The molecule has 3 N–H and O–H groups in total. The lowest BCUT2D eigenvalue weighted by Gasteiger charge is -2.15. The van der Waals surface area contributed by atoms with Crippen LogP contribution in [0.4, 0.5) is 0 Å². The highest BCUT2D eigenvalue weighted by molar-refractivity contribution is 6.31. The Morgan fingerprint density at radius 2 is 1.65 bits per heavy atom. The van der Waals surface area contributed by atoms with E-state index in [2.05, 4.69) is 36.2 Å². The molecule has 0 unspecified atom stereocenters. The average Bonchev–Trinajstić information content (AvgIpc) is 2.70. The molecule has 0 bridgehead atoms. The number of carboxylic acids is 2. The van der Waals surface area contributed by atoms with Gasteiger partial charge >= 0.3 is 11.9 Å². The lowest BCUT2D eigenvalue weighted by Crippen LogP contribution is -2.35. The van der Waals surface area contributed by atoms with Crippen molar-refractivity contribution in [3.05, 3.63) is 34.3 Å². The summed E-state index contributed by atoms with van der Waals surface area (Å²) in [4.78, 5) is 22.2. The predicted molar refractivity (Wildman–Crippen MR) is 128 cm³/mol. The molecule has 0 atom stereocenters. The molecule has 1 rings (SSSR count). The lowest BCUT2D eigenvalue weighted by atomic mass is 9.87. The highest BCUT2D eigenvalue weighted by atomic mass is 35.5. The van der Waals surface area contributed by atoms with E-state index in [0.717, 1.165) is 30.4 Å². The van der Waals surface area contributed by atoms with Crippen LogP contribution in [0.15, 0.2) is 18.2 Å². The first-order chi connectivity index (χ1) is 14.3. The number of hydrogen-bond acceptors (Lipinski definition) is 3. The minimum Gasteiger partial charge on any atom is -0.480 e. The van der Waals surface area contributed by atoms with Crippen molar-refractivity contribution >= 4 is 35.9 Å². The number of hydrogen-bond donors (Lipinski definition) is 3. The standard InChI is InChI=1S/C24H34ClNO4.ClH/c1-3-4-5-6-7-8-9-12-20-14-13-19(17-21(20)25)18-26-16-11-10-15-24(2,22(27)28)23(29)30;/h13-14,17,26H,3-9,12,15-16,18H2,1-2H3,(H,27,28)(H,29,30);1H. The van der Waals surface area contributed by atoms with E-state index < -0.39 is 17.4 Å². The van der Waals surface area contributed by atoms with Crippen molar-refractivity contribution < 1.29 is 19.8 Å². The molecule has 0 heterocycles. The van der Waals surface area contributed by atoms with Crippen LogP contribution in [0.2, 0.25) is 5.02 Å². The Bertz CT molecular complexity index is 742. The van der Waals surface area contributed by atoms with Crippen molar-refractivity contribution in [2.45, 2.75) is 78.2 Å². The lowest BCUT2D eigenvalue weighted by molar-refractivity contribution is -0.162. The summed E-state index contributed by atoms with van der Waals surface area (Å²) in [6.07, 6.45) is 9.71. The van der Waals surface area contributed by atoms with Crippen molar-refractivity contribution in [1.29, 1.82) is 0 Å². The number of carbonyl (C=O) groups is 2. The molecule has 0 aromatic heterocycles. The molecule has 0 radical (unpaired) electrons. The Morgan fingerprint density at radius 1 is 1.03 bits per heavy atom. The van der Waals surface area contributed by atoms with E-state index >= 15 is 0 Å². The Morgan fingerprint density at radius 3 is 2.23 bits per heavy atom. The average molecular weight is 472 g/mol. The second-order valence-corrected chi connectivity index (χ2v) is 8.28. The first kappa shape index (κ1) is 29.3. The first-order valence-electron chi connectivity index (χ1n) is 10.7. The van der Waals surface area contributed by atoms with Crippen molar-refractivity contribution in [3.8, 4) is 11.8 Å². The van der Waals surface area contributed by atoms with Gasteiger partial charge in [0.25, 0.3) is 0 Å². The molecule has 0 amide bonds. The largest absolute Gasteiger partial charge is 0.480 e. The molecule has 0 saturated carbocycles. The molecular weight excluding hydrogens is 437 g/mol. The van der Waals surface area contributed by atoms with Crippen LogP contribution in [-0.4, -0.2) is 28.7 Å². The van der Waals surface area contributed by atoms with Crippen molar-refractivity contribution in [1.82, 2.24) is 5.32 Å². The SMILES string of the molecule is CCCCCCCCCc1ccc(CNCC#CCC(C)(C(=O)O)C(=O)O)cc1Cl.Cl. The molecule has 5 nitrogen and oxygen atoms in total. The third-order valence-corrected chi connectivity index (χ3v) is 5.57. The van der Waals surface area contributed by atoms with Crippen LogP contribution in [0.3, 0.4) is 0 Å². The number of aliphatic carboxylic acids is 2. The van der Waals surface area contributed by atoms with Gasteiger partial charge in [0.15, 0.2) is 5.41 Å². The third kappa shape index (κ3) is 10.9. The summed E-state index contributed by atoms with van der Waals surface area (Å²) in [6.45, 7) is 4.32. The maximum Gasteiger partial charge on any atom is 0.321 e. The molecule has 31 heavy (non-hydrogen) atoms. The number of aryl methyl sites for hydroxylation is 1. The van der Waals surface area contributed by atoms with Crippen LogP contribution < -0.4 is 5.32 Å². The molecule has 1 aromatic rings. The van der Waals surface area contributed by atoms with E-state index in [4.69, 9.17) is 21.8 Å². The monoisotopic (exact) mass is 471 g/mol. The van der Waals surface area contributed by atoms with Gasteiger partial charge in [-0.25, -0.2) is 0 Å². The summed E-state index contributed by atoms with van der Waals surface area (Å²) in [5.41, 5.74) is 0.340. The molecule has 0 aliphatic heterocycles. The summed E-state index contributed by atoms with van der Waals surface area (Å²) in [5.74, 6) is 2.65. The normalized spacial score (nSPS) is 10.7. The van der Waals surface area contributed by atoms with E-state index in [9.17, 15) is 9.59 Å². The quantitative estimate of drug-likeness (QED) is 0.183. The van der Waals surface area contributed by atoms with Gasteiger partial charge in [-0.3, -0.25) is 9.59 Å². The zero-order valence-electron chi connectivity index (χ0n) is 18.5. The first-order valence-corrected chi connectivity index (χ1v) is 11.1. The minimum atomic E-state index is -1.88. The summed E-state index contributed by atoms with van der Waals surface area (Å²) in [7, 11) is 0. The predicted octanol–water partition coefficient (Wildman–Crippen LogP) is 5.71. The summed E-state index contributed by atoms with van der Waals surface area (Å²) in [5, 5.41) is 22.0. The highest BCUT2D eigenvalue weighted by Crippen LogP contribution is 2.22. The van der Waals surface area contributed by atoms with Crippen LogP contribution in [0.1, 0.15) is 76.3 Å². The van der Waals surface area contributed by atoms with Gasteiger partial charge < -0.3 is 15.5 Å². The molecule has 0 spiro atoms. The molecule has 1 aromatic carbocycles. The van der Waals surface area contributed by atoms with E-state index in [1.807, 2.05) is 6.07 Å². The number of nitrogens with one attached hydrogen (secondary N) is 1. The fraction of sp³-hybridized carbons (Fsp3) is 0.583. The number of halogens is 2. The summed E-state index contributed by atoms with van der Waals surface area (Å²) < 4.78 is 0. The maximum atomic E-state index is 11.1. The Labute approximate surface area is 197 Å². The van der Waals surface area contributed by atoms with Gasteiger partial charge in [0.1, 0.15) is 0 Å². The Hall–Kier alpha value is -1.74. The number of rotatable bonds is 14. The van der Waals surface area contributed by atoms with Gasteiger partial charge in [0, 0.05) is 18.0 Å². The van der Waals surface area contributed by atoms with Gasteiger partial charge in [-0.2, -0.15) is 0 Å². The summed E-state index contributed by atoms with van der Waals surface area (Å²) in [6, 6.07) is 6.09. The molecule has 174 valence electrons. The van der Waals surface area contributed by atoms with Crippen LogP contribution in [0.5, 0.6) is 0 Å². The van der Waals surface area contributed by atoms with Crippen LogP contribution in [0, 0.1) is 17.3 Å². The number of unbranched alkanes of at least 4 members (excludes halogenated alkanes) is 6. The van der Waals surface area contributed by atoms with Crippen molar-refractivity contribution in [3.63, 3.8) is 0 Å². The molecule has 0 fully saturated rings. The molecule has 0 saturated heterocycles. The fourth-order valence-electron chi connectivity index (χ4n) is 2.99. The third-order valence-electron chi connectivity index (χ3n) is 5.22. The molecular formula is C24H35Cl2NO4. The minimum absolute atomic E-state index is 0. The zero-order chi connectivity index (χ0) is 22.4. The van der Waals surface area contributed by atoms with E-state index in [0.29, 0.717) is 13.1 Å². The second kappa shape index (κ2) is 16.0. The topological polar surface area (TPSA) is 86.6 Å². The number of carboxylic acid groups (broad SMARTS) is 2.